The van der Waals surface area contributed by atoms with Gasteiger partial charge in [-0.15, -0.1) is 11.3 Å². The Morgan fingerprint density at radius 2 is 2.15 bits per heavy atom. The minimum atomic E-state index is 0.716. The molecule has 2 saturated carbocycles. The third-order valence-electron chi connectivity index (χ3n) is 4.09. The molecule has 0 amide bonds. The molecule has 0 unspecified atom stereocenters. The van der Waals surface area contributed by atoms with Crippen LogP contribution >= 0.6 is 11.3 Å². The van der Waals surface area contributed by atoms with Crippen molar-refractivity contribution in [3.63, 3.8) is 0 Å². The second kappa shape index (κ2) is 4.93. The minimum absolute atomic E-state index is 0.716. The van der Waals surface area contributed by atoms with Gasteiger partial charge in [0.15, 0.2) is 0 Å². The van der Waals surface area contributed by atoms with E-state index in [1.807, 2.05) is 23.7 Å². The molecule has 2 heterocycles. The average molecular weight is 285 g/mol. The van der Waals surface area contributed by atoms with Crippen molar-refractivity contribution in [3.8, 4) is 10.6 Å². The van der Waals surface area contributed by atoms with E-state index in [0.717, 1.165) is 17.6 Å². The van der Waals surface area contributed by atoms with Crippen molar-refractivity contribution in [2.45, 2.75) is 51.1 Å². The lowest BCUT2D eigenvalue weighted by molar-refractivity contribution is 0.688. The molecule has 0 radical (unpaired) electrons. The summed E-state index contributed by atoms with van der Waals surface area (Å²) < 4.78 is 0. The number of pyridine rings is 1. The van der Waals surface area contributed by atoms with Gasteiger partial charge in [-0.05, 0) is 44.2 Å². The van der Waals surface area contributed by atoms with E-state index in [4.69, 9.17) is 4.98 Å². The van der Waals surface area contributed by atoms with E-state index in [9.17, 15) is 0 Å². The van der Waals surface area contributed by atoms with Gasteiger partial charge in [-0.1, -0.05) is 0 Å². The number of rotatable bonds is 5. The Hall–Kier alpha value is -1.26. The third kappa shape index (κ3) is 2.50. The zero-order valence-electron chi connectivity index (χ0n) is 11.7. The Morgan fingerprint density at radius 3 is 2.85 bits per heavy atom. The molecular formula is C16H19N3S. The van der Waals surface area contributed by atoms with Crippen molar-refractivity contribution < 1.29 is 0 Å². The van der Waals surface area contributed by atoms with E-state index in [0.29, 0.717) is 5.92 Å². The van der Waals surface area contributed by atoms with Gasteiger partial charge in [0.1, 0.15) is 5.01 Å². The summed E-state index contributed by atoms with van der Waals surface area (Å²) in [7, 11) is 0. The second-order valence-corrected chi connectivity index (χ2v) is 7.03. The lowest BCUT2D eigenvalue weighted by Gasteiger charge is -2.01. The number of nitrogens with one attached hydrogen (secondary N) is 1. The van der Waals surface area contributed by atoms with E-state index in [1.165, 1.54) is 47.4 Å². The fraction of sp³-hybridized carbons (Fsp3) is 0.500. The molecule has 3 nitrogen and oxygen atoms in total. The van der Waals surface area contributed by atoms with Gasteiger partial charge in [0.25, 0.3) is 0 Å². The molecule has 0 aromatic carbocycles. The van der Waals surface area contributed by atoms with Crippen molar-refractivity contribution in [1.29, 1.82) is 0 Å². The highest BCUT2D eigenvalue weighted by Crippen LogP contribution is 2.44. The van der Waals surface area contributed by atoms with Crippen LogP contribution in [0.25, 0.3) is 10.6 Å². The van der Waals surface area contributed by atoms with Gasteiger partial charge in [-0.25, -0.2) is 4.98 Å². The average Bonchev–Trinajstić information content (AvgIpc) is 3.36. The molecule has 2 aliphatic rings. The zero-order valence-corrected chi connectivity index (χ0v) is 12.5. The van der Waals surface area contributed by atoms with Crippen LogP contribution in [0.15, 0.2) is 18.5 Å². The predicted molar refractivity (Wildman–Crippen MR) is 81.9 cm³/mol. The first kappa shape index (κ1) is 12.5. The largest absolute Gasteiger partial charge is 0.309 e. The first-order chi connectivity index (χ1) is 9.81. The summed E-state index contributed by atoms with van der Waals surface area (Å²) in [5.74, 6) is 0.716. The fourth-order valence-corrected chi connectivity index (χ4v) is 3.67. The summed E-state index contributed by atoms with van der Waals surface area (Å²) in [6, 6.07) is 2.82. The molecule has 0 spiro atoms. The predicted octanol–water partition coefficient (Wildman–Crippen LogP) is 3.64. The Bertz CT molecular complexity index is 626. The molecule has 2 aromatic rings. The standard InChI is InChI=1S/C16H19N3S/c1-10-6-7-17-8-13(10)16-19-15(11-2-3-11)14(20-16)9-18-12-4-5-12/h6-8,11-12,18H,2-5,9H2,1H3. The topological polar surface area (TPSA) is 37.8 Å². The molecule has 2 aromatic heterocycles. The van der Waals surface area contributed by atoms with Crippen LogP contribution in [0.2, 0.25) is 0 Å². The van der Waals surface area contributed by atoms with Crippen LogP contribution in [0.3, 0.4) is 0 Å². The maximum absolute atomic E-state index is 4.94. The smallest absolute Gasteiger partial charge is 0.125 e. The molecule has 2 fully saturated rings. The zero-order chi connectivity index (χ0) is 13.5. The van der Waals surface area contributed by atoms with Crippen molar-refractivity contribution in [1.82, 2.24) is 15.3 Å². The molecule has 1 N–H and O–H groups in total. The van der Waals surface area contributed by atoms with Crippen molar-refractivity contribution in [2.24, 2.45) is 0 Å². The van der Waals surface area contributed by atoms with Crippen LogP contribution < -0.4 is 5.32 Å². The summed E-state index contributed by atoms with van der Waals surface area (Å²) in [5, 5.41) is 4.77. The van der Waals surface area contributed by atoms with Gasteiger partial charge in [-0.2, -0.15) is 0 Å². The maximum Gasteiger partial charge on any atom is 0.125 e. The minimum Gasteiger partial charge on any atom is -0.309 e. The number of hydrogen-bond acceptors (Lipinski definition) is 4. The highest BCUT2D eigenvalue weighted by atomic mass is 32.1. The normalized spacial score (nSPS) is 18.4. The quantitative estimate of drug-likeness (QED) is 0.911. The lowest BCUT2D eigenvalue weighted by atomic mass is 10.2. The Kier molecular flexibility index (Phi) is 3.08. The summed E-state index contributed by atoms with van der Waals surface area (Å²) in [6.07, 6.45) is 9.10. The SMILES string of the molecule is Cc1ccncc1-c1nc(C2CC2)c(CNC2CC2)s1. The van der Waals surface area contributed by atoms with Crippen molar-refractivity contribution in [2.75, 3.05) is 0 Å². The van der Waals surface area contributed by atoms with Crippen LogP contribution in [0.5, 0.6) is 0 Å². The lowest BCUT2D eigenvalue weighted by Crippen LogP contribution is -2.15. The van der Waals surface area contributed by atoms with Gasteiger partial charge in [0, 0.05) is 41.3 Å². The first-order valence-electron chi connectivity index (χ1n) is 7.45. The summed E-state index contributed by atoms with van der Waals surface area (Å²) in [5.41, 5.74) is 3.80. The van der Waals surface area contributed by atoms with Crippen molar-refractivity contribution >= 4 is 11.3 Å². The van der Waals surface area contributed by atoms with Crippen LogP contribution in [0.4, 0.5) is 0 Å². The molecule has 0 atom stereocenters. The number of aryl methyl sites for hydroxylation is 1. The fourth-order valence-electron chi connectivity index (χ4n) is 2.49. The maximum atomic E-state index is 4.94. The Labute approximate surface area is 123 Å². The molecule has 4 rings (SSSR count). The molecule has 0 bridgehead atoms. The van der Waals surface area contributed by atoms with E-state index >= 15 is 0 Å². The summed E-state index contributed by atoms with van der Waals surface area (Å²) in [4.78, 5) is 10.6. The molecule has 2 aliphatic carbocycles. The Balaban J connectivity index is 1.66. The van der Waals surface area contributed by atoms with Gasteiger partial charge >= 0.3 is 0 Å². The number of thiazole rings is 1. The Morgan fingerprint density at radius 1 is 1.30 bits per heavy atom. The molecule has 4 heteroatoms. The van der Waals surface area contributed by atoms with Crippen LogP contribution in [0, 0.1) is 6.92 Å². The first-order valence-corrected chi connectivity index (χ1v) is 8.27. The number of aromatic nitrogens is 2. The molecule has 104 valence electrons. The van der Waals surface area contributed by atoms with E-state index in [-0.39, 0.29) is 0 Å². The molecule has 0 saturated heterocycles. The second-order valence-electron chi connectivity index (χ2n) is 5.95. The van der Waals surface area contributed by atoms with Gasteiger partial charge in [-0.3, -0.25) is 4.98 Å². The monoisotopic (exact) mass is 285 g/mol. The van der Waals surface area contributed by atoms with Crippen LogP contribution in [0.1, 0.15) is 47.7 Å². The number of nitrogens with zero attached hydrogens (tertiary/aromatic N) is 2. The van der Waals surface area contributed by atoms with E-state index < -0.39 is 0 Å². The summed E-state index contributed by atoms with van der Waals surface area (Å²) in [6.45, 7) is 3.13. The van der Waals surface area contributed by atoms with Crippen LogP contribution in [-0.4, -0.2) is 16.0 Å². The molecular weight excluding hydrogens is 266 g/mol. The third-order valence-corrected chi connectivity index (χ3v) is 5.19. The highest BCUT2D eigenvalue weighted by molar-refractivity contribution is 7.15. The van der Waals surface area contributed by atoms with E-state index in [1.54, 1.807) is 0 Å². The molecule has 0 aliphatic heterocycles. The van der Waals surface area contributed by atoms with Crippen molar-refractivity contribution in [3.05, 3.63) is 34.6 Å². The van der Waals surface area contributed by atoms with E-state index in [2.05, 4.69) is 23.3 Å². The van der Waals surface area contributed by atoms with Gasteiger partial charge in [0.2, 0.25) is 0 Å². The van der Waals surface area contributed by atoms with Crippen LogP contribution in [-0.2, 0) is 6.54 Å². The van der Waals surface area contributed by atoms with Gasteiger partial charge in [0.05, 0.1) is 5.69 Å². The highest BCUT2D eigenvalue weighted by Gasteiger charge is 2.30. The molecule has 20 heavy (non-hydrogen) atoms. The number of hydrogen-bond donors (Lipinski definition) is 1. The van der Waals surface area contributed by atoms with Gasteiger partial charge < -0.3 is 5.32 Å². The summed E-state index contributed by atoms with van der Waals surface area (Å²) >= 11 is 1.85.